The Morgan fingerprint density at radius 3 is 2.41 bits per heavy atom. The van der Waals surface area contributed by atoms with Crippen molar-refractivity contribution in [1.29, 1.82) is 0 Å². The third kappa shape index (κ3) is 4.57. The number of hydrogen-bond acceptors (Lipinski definition) is 5. The summed E-state index contributed by atoms with van der Waals surface area (Å²) in [5.41, 5.74) is 2.40. The molecule has 2 aromatic carbocycles. The number of aryl methyl sites for hydroxylation is 1. The number of ketones is 1. The van der Waals surface area contributed by atoms with Crippen molar-refractivity contribution < 1.29 is 14.0 Å². The molecule has 0 fully saturated rings. The topological polar surface area (TPSA) is 94.2 Å². The molecule has 2 aromatic heterocycles. The van der Waals surface area contributed by atoms with Crippen molar-refractivity contribution in [2.75, 3.05) is 6.54 Å². The molecule has 1 N–H and O–H groups in total. The first-order valence-electron chi connectivity index (χ1n) is 10.1. The van der Waals surface area contributed by atoms with Gasteiger partial charge in [0.15, 0.2) is 11.5 Å². The van der Waals surface area contributed by atoms with E-state index in [1.165, 1.54) is 17.0 Å². The van der Waals surface area contributed by atoms with Gasteiger partial charge in [0, 0.05) is 23.7 Å². The maximum Gasteiger partial charge on any atom is 0.266 e. The van der Waals surface area contributed by atoms with Crippen LogP contribution in [-0.2, 0) is 6.54 Å². The number of carbonyl (C=O) groups excluding carboxylic acids is 2. The largest absolute Gasteiger partial charge is 0.463 e. The average Bonchev–Trinajstić information content (AvgIpc) is 3.35. The third-order valence-corrected chi connectivity index (χ3v) is 4.98. The number of amides is 1. The van der Waals surface area contributed by atoms with Gasteiger partial charge in [-0.3, -0.25) is 14.4 Å². The number of carbonyl (C=O) groups is 2. The van der Waals surface area contributed by atoms with Gasteiger partial charge in [-0.05, 0) is 31.2 Å². The van der Waals surface area contributed by atoms with E-state index in [0.29, 0.717) is 22.6 Å². The van der Waals surface area contributed by atoms with Gasteiger partial charge in [-0.1, -0.05) is 48.0 Å². The van der Waals surface area contributed by atoms with E-state index in [0.717, 1.165) is 5.56 Å². The summed E-state index contributed by atoms with van der Waals surface area (Å²) >= 11 is 0. The molecule has 0 radical (unpaired) electrons. The number of nitrogens with zero attached hydrogens (tertiary/aromatic N) is 2. The van der Waals surface area contributed by atoms with Gasteiger partial charge in [-0.25, -0.2) is 4.68 Å². The highest BCUT2D eigenvalue weighted by Crippen LogP contribution is 2.16. The molecule has 7 nitrogen and oxygen atoms in total. The first kappa shape index (κ1) is 21.0. The van der Waals surface area contributed by atoms with Crippen molar-refractivity contribution in [2.45, 2.75) is 13.5 Å². The summed E-state index contributed by atoms with van der Waals surface area (Å²) < 4.78 is 6.58. The Kier molecular flexibility index (Phi) is 6.07. The molecule has 0 aliphatic rings. The Balaban J connectivity index is 1.47. The molecule has 7 heteroatoms. The molecule has 0 aliphatic carbocycles. The minimum atomic E-state index is -0.392. The zero-order chi connectivity index (χ0) is 22.5. The monoisotopic (exact) mass is 427 g/mol. The number of benzene rings is 2. The second-order valence-electron chi connectivity index (χ2n) is 7.25. The molecule has 0 aliphatic heterocycles. The quantitative estimate of drug-likeness (QED) is 0.456. The summed E-state index contributed by atoms with van der Waals surface area (Å²) in [6.45, 7) is 2.29. The highest BCUT2D eigenvalue weighted by Gasteiger charge is 2.18. The summed E-state index contributed by atoms with van der Waals surface area (Å²) in [7, 11) is 0. The minimum Gasteiger partial charge on any atom is -0.463 e. The number of rotatable bonds is 7. The first-order valence-corrected chi connectivity index (χ1v) is 10.1. The molecular weight excluding hydrogens is 406 g/mol. The predicted molar refractivity (Wildman–Crippen MR) is 120 cm³/mol. The van der Waals surface area contributed by atoms with Crippen LogP contribution in [0.3, 0.4) is 0 Å². The standard InChI is InChI=1S/C25H21N3O4/c1-17-8-10-18(11-9-17)24(30)19-5-2-3-6-20(19)25(31)26-14-15-28-23(29)13-12-21(27-28)22-7-4-16-32-22/h2-13,16H,14-15H2,1H3,(H,26,31). The Morgan fingerprint density at radius 2 is 1.69 bits per heavy atom. The molecule has 32 heavy (non-hydrogen) atoms. The van der Waals surface area contributed by atoms with Crippen LogP contribution in [0.5, 0.6) is 0 Å². The highest BCUT2D eigenvalue weighted by atomic mass is 16.3. The molecular formula is C25H21N3O4. The van der Waals surface area contributed by atoms with Crippen LogP contribution in [0, 0.1) is 6.92 Å². The molecule has 0 bridgehead atoms. The fraction of sp³-hybridized carbons (Fsp3) is 0.120. The number of furan rings is 1. The lowest BCUT2D eigenvalue weighted by Gasteiger charge is -2.11. The highest BCUT2D eigenvalue weighted by molar-refractivity contribution is 6.15. The summed E-state index contributed by atoms with van der Waals surface area (Å²) in [6, 6.07) is 20.4. The van der Waals surface area contributed by atoms with E-state index in [1.807, 2.05) is 19.1 Å². The molecule has 0 unspecified atom stereocenters. The van der Waals surface area contributed by atoms with E-state index < -0.39 is 5.91 Å². The van der Waals surface area contributed by atoms with Crippen molar-refractivity contribution in [2.24, 2.45) is 0 Å². The van der Waals surface area contributed by atoms with Crippen LogP contribution in [0.25, 0.3) is 11.5 Å². The normalized spacial score (nSPS) is 10.7. The van der Waals surface area contributed by atoms with Crippen molar-refractivity contribution in [3.8, 4) is 11.5 Å². The summed E-state index contributed by atoms with van der Waals surface area (Å²) in [5.74, 6) is -0.0672. The summed E-state index contributed by atoms with van der Waals surface area (Å²) in [6.07, 6.45) is 1.53. The number of hydrogen-bond donors (Lipinski definition) is 1. The van der Waals surface area contributed by atoms with E-state index >= 15 is 0 Å². The summed E-state index contributed by atoms with van der Waals surface area (Å²) in [5, 5.41) is 7.05. The Hall–Kier alpha value is -4.26. The van der Waals surface area contributed by atoms with E-state index in [9.17, 15) is 14.4 Å². The van der Waals surface area contributed by atoms with Gasteiger partial charge < -0.3 is 9.73 Å². The molecule has 0 saturated heterocycles. The molecule has 1 amide bonds. The van der Waals surface area contributed by atoms with Crippen molar-refractivity contribution in [3.05, 3.63) is 112 Å². The van der Waals surface area contributed by atoms with Crippen LogP contribution < -0.4 is 10.9 Å². The molecule has 0 atom stereocenters. The van der Waals surface area contributed by atoms with E-state index in [4.69, 9.17) is 4.42 Å². The lowest BCUT2D eigenvalue weighted by atomic mass is 9.97. The van der Waals surface area contributed by atoms with Gasteiger partial charge in [0.25, 0.3) is 11.5 Å². The van der Waals surface area contributed by atoms with Gasteiger partial charge in [-0.2, -0.15) is 5.10 Å². The maximum absolute atomic E-state index is 12.9. The third-order valence-electron chi connectivity index (χ3n) is 4.98. The Morgan fingerprint density at radius 1 is 0.938 bits per heavy atom. The first-order chi connectivity index (χ1) is 15.5. The van der Waals surface area contributed by atoms with Crippen molar-refractivity contribution in [1.82, 2.24) is 15.1 Å². The van der Waals surface area contributed by atoms with Crippen LogP contribution in [0.2, 0.25) is 0 Å². The van der Waals surface area contributed by atoms with E-state index in [-0.39, 0.29) is 30.0 Å². The second-order valence-corrected chi connectivity index (χ2v) is 7.25. The smallest absolute Gasteiger partial charge is 0.266 e. The van der Waals surface area contributed by atoms with Crippen molar-refractivity contribution in [3.63, 3.8) is 0 Å². The van der Waals surface area contributed by atoms with E-state index in [1.54, 1.807) is 54.6 Å². The molecule has 0 saturated carbocycles. The van der Waals surface area contributed by atoms with Crippen molar-refractivity contribution >= 4 is 11.7 Å². The van der Waals surface area contributed by atoms with Gasteiger partial charge >= 0.3 is 0 Å². The van der Waals surface area contributed by atoms with Crippen LogP contribution in [0.1, 0.15) is 31.8 Å². The Labute approximate surface area is 184 Å². The lowest BCUT2D eigenvalue weighted by Crippen LogP contribution is -2.32. The number of nitrogens with one attached hydrogen (secondary N) is 1. The summed E-state index contributed by atoms with van der Waals surface area (Å²) in [4.78, 5) is 37.9. The van der Waals surface area contributed by atoms with E-state index in [2.05, 4.69) is 10.4 Å². The van der Waals surface area contributed by atoms with Crippen LogP contribution in [0.15, 0.2) is 88.3 Å². The Bertz CT molecular complexity index is 1310. The molecule has 160 valence electrons. The zero-order valence-corrected chi connectivity index (χ0v) is 17.4. The fourth-order valence-corrected chi connectivity index (χ4v) is 3.27. The minimum absolute atomic E-state index is 0.167. The van der Waals surface area contributed by atoms with Crippen LogP contribution in [0.4, 0.5) is 0 Å². The number of aromatic nitrogens is 2. The SMILES string of the molecule is Cc1ccc(C(=O)c2ccccc2C(=O)NCCn2nc(-c3ccco3)ccc2=O)cc1. The fourth-order valence-electron chi connectivity index (χ4n) is 3.27. The molecule has 4 rings (SSSR count). The maximum atomic E-state index is 12.9. The lowest BCUT2D eigenvalue weighted by molar-refractivity contribution is 0.0940. The second kappa shape index (κ2) is 9.26. The molecule has 2 heterocycles. The van der Waals surface area contributed by atoms with Gasteiger partial charge in [-0.15, -0.1) is 0 Å². The van der Waals surface area contributed by atoms with Crippen LogP contribution in [-0.4, -0.2) is 28.0 Å². The predicted octanol–water partition coefficient (Wildman–Crippen LogP) is 3.47. The van der Waals surface area contributed by atoms with Crippen LogP contribution >= 0.6 is 0 Å². The average molecular weight is 427 g/mol. The van der Waals surface area contributed by atoms with Gasteiger partial charge in [0.05, 0.1) is 18.4 Å². The zero-order valence-electron chi connectivity index (χ0n) is 17.4. The van der Waals surface area contributed by atoms with Gasteiger partial charge in [0.1, 0.15) is 5.69 Å². The molecule has 4 aromatic rings. The van der Waals surface area contributed by atoms with Gasteiger partial charge in [0.2, 0.25) is 0 Å². The molecule has 0 spiro atoms.